The highest BCUT2D eigenvalue weighted by Crippen LogP contribution is 2.37. The number of aromatic nitrogens is 5. The molecule has 1 aliphatic carbocycles. The van der Waals surface area contributed by atoms with Crippen LogP contribution in [0.4, 0.5) is 0 Å². The highest BCUT2D eigenvalue weighted by Gasteiger charge is 2.21. The number of nitrogens with one attached hydrogen (secondary N) is 1. The number of aryl methyl sites for hydroxylation is 2. The van der Waals surface area contributed by atoms with Crippen LogP contribution in [0.25, 0.3) is 33.1 Å². The molecule has 0 aliphatic heterocycles. The van der Waals surface area contributed by atoms with E-state index in [1.807, 2.05) is 30.3 Å². The molecule has 5 rings (SSSR count). The number of hydrogen-bond donors (Lipinski definition) is 1. The van der Waals surface area contributed by atoms with Crippen LogP contribution in [0.5, 0.6) is 0 Å². The molecular weight excluding hydrogens is 286 g/mol. The summed E-state index contributed by atoms with van der Waals surface area (Å²) in [6.45, 7) is 0. The molecule has 0 saturated heterocycles. The summed E-state index contributed by atoms with van der Waals surface area (Å²) in [6.07, 6.45) is 10.5. The van der Waals surface area contributed by atoms with E-state index in [1.54, 1.807) is 0 Å². The minimum Gasteiger partial charge on any atom is -0.285 e. The predicted molar refractivity (Wildman–Crippen MR) is 90.2 cm³/mol. The molecule has 3 aromatic heterocycles. The molecule has 4 aromatic rings. The number of benzene rings is 1. The molecule has 1 aromatic carbocycles. The molecule has 0 radical (unpaired) electrons. The number of aromatic amines is 1. The summed E-state index contributed by atoms with van der Waals surface area (Å²) in [5, 5.41) is 14.0. The van der Waals surface area contributed by atoms with Crippen LogP contribution < -0.4 is 0 Å². The normalized spacial score (nSPS) is 14.5. The van der Waals surface area contributed by atoms with Crippen LogP contribution >= 0.6 is 0 Å². The van der Waals surface area contributed by atoms with Crippen molar-refractivity contribution in [2.75, 3.05) is 0 Å². The van der Waals surface area contributed by atoms with E-state index in [4.69, 9.17) is 4.98 Å². The van der Waals surface area contributed by atoms with E-state index in [0.717, 1.165) is 29.6 Å². The topological polar surface area (TPSA) is 59.4 Å². The zero-order chi connectivity index (χ0) is 15.4. The average molecular weight is 303 g/mol. The third kappa shape index (κ3) is 1.76. The minimum atomic E-state index is 1.06. The van der Waals surface area contributed by atoms with Crippen molar-refractivity contribution >= 4 is 21.8 Å². The molecular formula is C18H17N5. The zero-order valence-electron chi connectivity index (χ0n) is 13.0. The third-order valence-electron chi connectivity index (χ3n) is 4.97. The second kappa shape index (κ2) is 4.65. The molecule has 5 heteroatoms. The number of fused-ring (bicyclic) bond motifs is 5. The van der Waals surface area contributed by atoms with Crippen molar-refractivity contribution in [3.8, 4) is 11.3 Å². The van der Waals surface area contributed by atoms with Crippen LogP contribution in [-0.2, 0) is 19.9 Å². The molecule has 0 saturated carbocycles. The van der Waals surface area contributed by atoms with E-state index >= 15 is 0 Å². The lowest BCUT2D eigenvalue weighted by molar-refractivity contribution is 0.689. The molecule has 1 N–H and O–H groups in total. The molecule has 0 amide bonds. The van der Waals surface area contributed by atoms with Crippen molar-refractivity contribution in [3.05, 3.63) is 41.9 Å². The maximum Gasteiger partial charge on any atom is 0.0775 e. The van der Waals surface area contributed by atoms with Gasteiger partial charge in [0.05, 0.1) is 29.1 Å². The number of H-pyrrole nitrogens is 1. The van der Waals surface area contributed by atoms with Crippen molar-refractivity contribution < 1.29 is 0 Å². The molecule has 3 heterocycles. The van der Waals surface area contributed by atoms with E-state index in [1.165, 1.54) is 40.3 Å². The van der Waals surface area contributed by atoms with Gasteiger partial charge in [-0.25, -0.2) is 4.98 Å². The zero-order valence-corrected chi connectivity index (χ0v) is 13.0. The summed E-state index contributed by atoms with van der Waals surface area (Å²) in [5.41, 5.74) is 7.24. The number of nitrogens with zero attached hydrogens (tertiary/aromatic N) is 4. The Balaban J connectivity index is 1.94. The Morgan fingerprint density at radius 2 is 1.96 bits per heavy atom. The van der Waals surface area contributed by atoms with E-state index in [2.05, 4.69) is 27.4 Å². The van der Waals surface area contributed by atoms with Crippen molar-refractivity contribution in [2.45, 2.75) is 25.7 Å². The SMILES string of the molecule is Cn1ncc2c3c4c(c(-c5cn[nH]c5)nc3ccc21)CCCC4. The van der Waals surface area contributed by atoms with Crippen LogP contribution in [0.2, 0.25) is 0 Å². The van der Waals surface area contributed by atoms with Gasteiger partial charge in [-0.3, -0.25) is 9.78 Å². The van der Waals surface area contributed by atoms with Crippen LogP contribution in [0, 0.1) is 0 Å². The minimum absolute atomic E-state index is 1.06. The summed E-state index contributed by atoms with van der Waals surface area (Å²) < 4.78 is 1.94. The summed E-state index contributed by atoms with van der Waals surface area (Å²) in [7, 11) is 1.99. The fourth-order valence-electron chi connectivity index (χ4n) is 3.88. The third-order valence-corrected chi connectivity index (χ3v) is 4.97. The number of rotatable bonds is 1. The van der Waals surface area contributed by atoms with Gasteiger partial charge in [0.25, 0.3) is 0 Å². The van der Waals surface area contributed by atoms with Gasteiger partial charge in [0.1, 0.15) is 0 Å². The lowest BCUT2D eigenvalue weighted by Gasteiger charge is -2.21. The summed E-state index contributed by atoms with van der Waals surface area (Å²) >= 11 is 0. The summed E-state index contributed by atoms with van der Waals surface area (Å²) in [6, 6.07) is 4.24. The summed E-state index contributed by atoms with van der Waals surface area (Å²) in [4.78, 5) is 4.99. The van der Waals surface area contributed by atoms with Gasteiger partial charge in [0.15, 0.2) is 0 Å². The van der Waals surface area contributed by atoms with Crippen molar-refractivity contribution in [1.82, 2.24) is 25.0 Å². The Bertz CT molecular complexity index is 1030. The van der Waals surface area contributed by atoms with Gasteiger partial charge < -0.3 is 0 Å². The maximum atomic E-state index is 4.99. The average Bonchev–Trinajstić information content (AvgIpc) is 3.24. The largest absolute Gasteiger partial charge is 0.285 e. The quantitative estimate of drug-likeness (QED) is 0.586. The fourth-order valence-corrected chi connectivity index (χ4v) is 3.88. The molecule has 0 spiro atoms. The van der Waals surface area contributed by atoms with E-state index in [-0.39, 0.29) is 0 Å². The first-order chi connectivity index (χ1) is 11.3. The summed E-state index contributed by atoms with van der Waals surface area (Å²) in [5.74, 6) is 0. The monoisotopic (exact) mass is 303 g/mol. The second-order valence-electron chi connectivity index (χ2n) is 6.27. The first kappa shape index (κ1) is 12.8. The van der Waals surface area contributed by atoms with E-state index < -0.39 is 0 Å². The smallest absolute Gasteiger partial charge is 0.0775 e. The Kier molecular flexibility index (Phi) is 2.59. The van der Waals surface area contributed by atoms with Crippen LogP contribution in [0.3, 0.4) is 0 Å². The van der Waals surface area contributed by atoms with Crippen molar-refractivity contribution in [2.24, 2.45) is 7.05 Å². The molecule has 0 fully saturated rings. The molecule has 23 heavy (non-hydrogen) atoms. The molecule has 0 bridgehead atoms. The predicted octanol–water partition coefficient (Wildman–Crippen LogP) is 3.39. The highest BCUT2D eigenvalue weighted by atomic mass is 15.2. The number of pyridine rings is 1. The molecule has 0 unspecified atom stereocenters. The first-order valence-electron chi connectivity index (χ1n) is 8.08. The lowest BCUT2D eigenvalue weighted by atomic mass is 9.86. The molecule has 114 valence electrons. The molecule has 1 aliphatic rings. The highest BCUT2D eigenvalue weighted by molar-refractivity contribution is 6.07. The molecule has 0 atom stereocenters. The van der Waals surface area contributed by atoms with Gasteiger partial charge in [-0.15, -0.1) is 0 Å². The lowest BCUT2D eigenvalue weighted by Crippen LogP contribution is -2.07. The number of hydrogen-bond acceptors (Lipinski definition) is 3. The fraction of sp³-hybridized carbons (Fsp3) is 0.278. The Morgan fingerprint density at radius 3 is 2.78 bits per heavy atom. The Hall–Kier alpha value is -2.69. The van der Waals surface area contributed by atoms with E-state index in [0.29, 0.717) is 0 Å². The molecule has 5 nitrogen and oxygen atoms in total. The van der Waals surface area contributed by atoms with Gasteiger partial charge in [0.2, 0.25) is 0 Å². The standard InChI is InChI=1S/C18H17N5/c1-23-16-7-6-15-17(14(16)10-21-23)12-4-2-3-5-13(12)18(22-15)11-8-19-20-9-11/h6-10H,2-5H2,1H3,(H,19,20). The Morgan fingerprint density at radius 1 is 1.09 bits per heavy atom. The van der Waals surface area contributed by atoms with Crippen LogP contribution in [0.1, 0.15) is 24.0 Å². The Labute approximate surface area is 133 Å². The van der Waals surface area contributed by atoms with Crippen LogP contribution in [-0.4, -0.2) is 25.0 Å². The first-order valence-corrected chi connectivity index (χ1v) is 8.08. The van der Waals surface area contributed by atoms with Gasteiger partial charge in [0, 0.05) is 29.6 Å². The van der Waals surface area contributed by atoms with Crippen molar-refractivity contribution in [3.63, 3.8) is 0 Å². The van der Waals surface area contributed by atoms with E-state index in [9.17, 15) is 0 Å². The second-order valence-corrected chi connectivity index (χ2v) is 6.27. The van der Waals surface area contributed by atoms with Gasteiger partial charge >= 0.3 is 0 Å². The van der Waals surface area contributed by atoms with Gasteiger partial charge in [-0.1, -0.05) is 0 Å². The van der Waals surface area contributed by atoms with Gasteiger partial charge in [-0.2, -0.15) is 10.2 Å². The maximum absolute atomic E-state index is 4.99. The van der Waals surface area contributed by atoms with Crippen molar-refractivity contribution in [1.29, 1.82) is 0 Å². The van der Waals surface area contributed by atoms with Gasteiger partial charge in [-0.05, 0) is 48.9 Å². The van der Waals surface area contributed by atoms with Crippen LogP contribution in [0.15, 0.2) is 30.7 Å².